The van der Waals surface area contributed by atoms with E-state index in [9.17, 15) is 10.1 Å². The number of nitro benzene ring substituents is 1. The van der Waals surface area contributed by atoms with Crippen molar-refractivity contribution in [3.8, 4) is 11.3 Å². The van der Waals surface area contributed by atoms with Gasteiger partial charge in [-0.2, -0.15) is 0 Å². The molecule has 0 aliphatic carbocycles. The van der Waals surface area contributed by atoms with E-state index in [1.807, 2.05) is 30.3 Å². The van der Waals surface area contributed by atoms with Crippen LogP contribution in [0.15, 0.2) is 65.2 Å². The number of furan rings is 1. The van der Waals surface area contributed by atoms with E-state index in [1.165, 1.54) is 12.1 Å². The standard InChI is InChI=1S/C21H20N4O3S/c1-13(2)24-20(19(23-21(24)29)16-5-3-4-12-22-16)18-11-10-17(28-18)14-6-8-15(9-7-14)25(26)27/h3-13,19-20H,1-2H3,(H,23,29). The number of thiocarbonyl (C=S) groups is 1. The lowest BCUT2D eigenvalue weighted by molar-refractivity contribution is -0.384. The number of rotatable bonds is 5. The number of aromatic nitrogens is 1. The van der Waals surface area contributed by atoms with Crippen LogP contribution in [0.3, 0.4) is 0 Å². The van der Waals surface area contributed by atoms with E-state index < -0.39 is 4.92 Å². The predicted octanol–water partition coefficient (Wildman–Crippen LogP) is 4.63. The summed E-state index contributed by atoms with van der Waals surface area (Å²) in [6.45, 7) is 4.17. The molecule has 1 aliphatic heterocycles. The Morgan fingerprint density at radius 2 is 1.93 bits per heavy atom. The monoisotopic (exact) mass is 408 g/mol. The van der Waals surface area contributed by atoms with E-state index >= 15 is 0 Å². The van der Waals surface area contributed by atoms with Crippen molar-refractivity contribution >= 4 is 23.0 Å². The van der Waals surface area contributed by atoms with Gasteiger partial charge >= 0.3 is 0 Å². The van der Waals surface area contributed by atoms with Crippen molar-refractivity contribution in [2.24, 2.45) is 0 Å². The van der Waals surface area contributed by atoms with Gasteiger partial charge in [0.2, 0.25) is 0 Å². The zero-order chi connectivity index (χ0) is 20.5. The maximum absolute atomic E-state index is 10.9. The van der Waals surface area contributed by atoms with Crippen LogP contribution in [0.2, 0.25) is 0 Å². The molecule has 0 bridgehead atoms. The van der Waals surface area contributed by atoms with Gasteiger partial charge in [-0.05, 0) is 62.5 Å². The fourth-order valence-corrected chi connectivity index (χ4v) is 4.09. The Morgan fingerprint density at radius 3 is 2.55 bits per heavy atom. The number of nitrogens with one attached hydrogen (secondary N) is 1. The van der Waals surface area contributed by atoms with Crippen LogP contribution in [0.25, 0.3) is 11.3 Å². The molecule has 4 rings (SSSR count). The molecule has 3 heterocycles. The van der Waals surface area contributed by atoms with Gasteiger partial charge in [0.15, 0.2) is 5.11 Å². The first-order valence-electron chi connectivity index (χ1n) is 9.30. The first-order valence-corrected chi connectivity index (χ1v) is 9.71. The number of nitrogens with zero attached hydrogens (tertiary/aromatic N) is 3. The summed E-state index contributed by atoms with van der Waals surface area (Å²) in [5.41, 5.74) is 1.71. The van der Waals surface area contributed by atoms with Crippen LogP contribution >= 0.6 is 12.2 Å². The highest BCUT2D eigenvalue weighted by molar-refractivity contribution is 7.80. The molecule has 1 aliphatic rings. The van der Waals surface area contributed by atoms with E-state index in [4.69, 9.17) is 16.6 Å². The summed E-state index contributed by atoms with van der Waals surface area (Å²) in [4.78, 5) is 17.1. The Balaban J connectivity index is 1.70. The van der Waals surface area contributed by atoms with Gasteiger partial charge in [-0.25, -0.2) is 0 Å². The lowest BCUT2D eigenvalue weighted by Crippen LogP contribution is -2.35. The molecule has 2 unspecified atom stereocenters. The molecular weight excluding hydrogens is 388 g/mol. The summed E-state index contributed by atoms with van der Waals surface area (Å²) in [5.74, 6) is 1.41. The summed E-state index contributed by atoms with van der Waals surface area (Å²) < 4.78 is 6.20. The summed E-state index contributed by atoms with van der Waals surface area (Å²) in [7, 11) is 0. The van der Waals surface area contributed by atoms with Crippen molar-refractivity contribution in [3.05, 3.63) is 82.4 Å². The molecule has 0 saturated carbocycles. The third-order valence-electron chi connectivity index (χ3n) is 4.97. The summed E-state index contributed by atoms with van der Waals surface area (Å²) in [6.07, 6.45) is 1.76. The molecule has 0 spiro atoms. The van der Waals surface area contributed by atoms with Gasteiger partial charge in [0.05, 0.1) is 16.7 Å². The average Bonchev–Trinajstić information content (AvgIpc) is 3.33. The lowest BCUT2D eigenvalue weighted by atomic mass is 10.0. The minimum Gasteiger partial charge on any atom is -0.459 e. The number of benzene rings is 1. The number of hydrogen-bond acceptors (Lipinski definition) is 5. The van der Waals surface area contributed by atoms with E-state index in [1.54, 1.807) is 18.3 Å². The zero-order valence-electron chi connectivity index (χ0n) is 16.0. The molecule has 2 atom stereocenters. The number of non-ortho nitro benzene ring substituents is 1. The van der Waals surface area contributed by atoms with Gasteiger partial charge in [-0.15, -0.1) is 0 Å². The fraction of sp³-hybridized carbons (Fsp3) is 0.238. The normalized spacial score (nSPS) is 18.9. The van der Waals surface area contributed by atoms with Crippen molar-refractivity contribution in [1.82, 2.24) is 15.2 Å². The Kier molecular flexibility index (Phi) is 5.02. The number of hydrogen-bond donors (Lipinski definition) is 1. The molecule has 7 nitrogen and oxygen atoms in total. The second-order valence-electron chi connectivity index (χ2n) is 7.13. The molecule has 1 saturated heterocycles. The van der Waals surface area contributed by atoms with E-state index in [2.05, 4.69) is 29.0 Å². The fourth-order valence-electron chi connectivity index (χ4n) is 3.64. The molecule has 148 valence electrons. The van der Waals surface area contributed by atoms with Gasteiger partial charge in [0, 0.05) is 29.9 Å². The van der Waals surface area contributed by atoms with Crippen LogP contribution in [0.4, 0.5) is 5.69 Å². The molecule has 2 aromatic heterocycles. The average molecular weight is 408 g/mol. The maximum atomic E-state index is 10.9. The Bertz CT molecular complexity index is 1030. The molecule has 0 radical (unpaired) electrons. The minimum absolute atomic E-state index is 0.0482. The molecule has 1 aromatic carbocycles. The van der Waals surface area contributed by atoms with E-state index in [-0.39, 0.29) is 23.8 Å². The summed E-state index contributed by atoms with van der Waals surface area (Å²) >= 11 is 5.59. The lowest BCUT2D eigenvalue weighted by Gasteiger charge is -2.29. The molecule has 1 N–H and O–H groups in total. The minimum atomic E-state index is -0.416. The first-order chi connectivity index (χ1) is 14.0. The summed E-state index contributed by atoms with van der Waals surface area (Å²) in [6, 6.07) is 15.8. The van der Waals surface area contributed by atoms with Crippen molar-refractivity contribution in [2.75, 3.05) is 0 Å². The van der Waals surface area contributed by atoms with E-state index in [0.717, 1.165) is 17.0 Å². The van der Waals surface area contributed by atoms with Crippen molar-refractivity contribution < 1.29 is 9.34 Å². The van der Waals surface area contributed by atoms with Crippen molar-refractivity contribution in [1.29, 1.82) is 0 Å². The Labute approximate surface area is 173 Å². The largest absolute Gasteiger partial charge is 0.459 e. The first kappa shape index (κ1) is 19.1. The van der Waals surface area contributed by atoms with Gasteiger partial charge < -0.3 is 14.6 Å². The molecule has 3 aromatic rings. The topological polar surface area (TPSA) is 84.4 Å². The SMILES string of the molecule is CC(C)N1C(=S)NC(c2ccccn2)C1c1ccc(-c2ccc([N+](=O)[O-])cc2)o1. The predicted molar refractivity (Wildman–Crippen MR) is 113 cm³/mol. The Morgan fingerprint density at radius 1 is 1.17 bits per heavy atom. The second-order valence-corrected chi connectivity index (χ2v) is 7.52. The highest BCUT2D eigenvalue weighted by atomic mass is 32.1. The molecule has 1 fully saturated rings. The third-order valence-corrected chi connectivity index (χ3v) is 5.30. The number of nitro groups is 1. The molecule has 8 heteroatoms. The van der Waals surface area contributed by atoms with Crippen LogP contribution < -0.4 is 5.32 Å². The smallest absolute Gasteiger partial charge is 0.269 e. The molecule has 29 heavy (non-hydrogen) atoms. The Hall–Kier alpha value is -3.26. The molecule has 0 amide bonds. The van der Waals surface area contributed by atoms with Gasteiger partial charge in [0.25, 0.3) is 5.69 Å². The van der Waals surface area contributed by atoms with Crippen LogP contribution in [0, 0.1) is 10.1 Å². The number of pyridine rings is 1. The zero-order valence-corrected chi connectivity index (χ0v) is 16.8. The summed E-state index contributed by atoms with van der Waals surface area (Å²) in [5, 5.41) is 14.9. The van der Waals surface area contributed by atoms with Crippen LogP contribution in [-0.2, 0) is 0 Å². The highest BCUT2D eigenvalue weighted by Gasteiger charge is 2.42. The van der Waals surface area contributed by atoms with Crippen molar-refractivity contribution in [2.45, 2.75) is 32.0 Å². The third kappa shape index (κ3) is 3.58. The second kappa shape index (κ2) is 7.63. The highest BCUT2D eigenvalue weighted by Crippen LogP contribution is 2.41. The van der Waals surface area contributed by atoms with Crippen molar-refractivity contribution in [3.63, 3.8) is 0 Å². The quantitative estimate of drug-likeness (QED) is 0.374. The maximum Gasteiger partial charge on any atom is 0.269 e. The molecular formula is C21H20N4O3S. The van der Waals surface area contributed by atoms with E-state index in [0.29, 0.717) is 10.9 Å². The van der Waals surface area contributed by atoms with Crippen LogP contribution in [-0.4, -0.2) is 26.0 Å². The van der Waals surface area contributed by atoms with Gasteiger partial charge in [0.1, 0.15) is 17.6 Å². The van der Waals surface area contributed by atoms with Crippen LogP contribution in [0.5, 0.6) is 0 Å². The van der Waals surface area contributed by atoms with Gasteiger partial charge in [-0.1, -0.05) is 6.07 Å². The van der Waals surface area contributed by atoms with Crippen LogP contribution in [0.1, 0.15) is 37.4 Å². The van der Waals surface area contributed by atoms with Gasteiger partial charge in [-0.3, -0.25) is 15.1 Å².